The number of nitrogens with two attached hydrogens (primary N) is 1. The normalized spacial score (nSPS) is 12.7. The molecular weight excluding hydrogens is 129 g/mol. The van der Waals surface area contributed by atoms with E-state index in [9.17, 15) is 9.18 Å². The van der Waals surface area contributed by atoms with Gasteiger partial charge in [0.2, 0.25) is 0 Å². The van der Waals surface area contributed by atoms with Crippen LogP contribution in [0.5, 0.6) is 0 Å². The molecule has 54 valence electrons. The number of alkyl halides is 1. The standard InChI is InChI=1S/C4H8FNO3/c5-3(1-7)2-9-4(6)8/h3,7H,1-2H2,(H2,6,8)/t3-/m1/s1. The number of primary amides is 1. The number of rotatable bonds is 3. The molecule has 1 amide bonds. The largest absolute Gasteiger partial charge is 0.447 e. The summed E-state index contributed by atoms with van der Waals surface area (Å²) in [4.78, 5) is 9.77. The van der Waals surface area contributed by atoms with Crippen LogP contribution in [-0.4, -0.2) is 30.6 Å². The van der Waals surface area contributed by atoms with Gasteiger partial charge >= 0.3 is 6.09 Å². The van der Waals surface area contributed by atoms with Crippen molar-refractivity contribution >= 4 is 6.09 Å². The van der Waals surface area contributed by atoms with Crippen molar-refractivity contribution in [3.8, 4) is 0 Å². The number of aliphatic hydroxyl groups is 1. The molecule has 0 heterocycles. The SMILES string of the molecule is NC(=O)OC[C@H](F)CO. The Labute approximate surface area is 51.4 Å². The Bertz CT molecular complexity index is 97.8. The van der Waals surface area contributed by atoms with Gasteiger partial charge in [-0.2, -0.15) is 0 Å². The third kappa shape index (κ3) is 5.02. The summed E-state index contributed by atoms with van der Waals surface area (Å²) in [6.07, 6.45) is -2.57. The highest BCUT2D eigenvalue weighted by molar-refractivity contribution is 5.64. The molecule has 5 heteroatoms. The van der Waals surface area contributed by atoms with Crippen LogP contribution < -0.4 is 5.73 Å². The topological polar surface area (TPSA) is 72.6 Å². The molecule has 0 spiro atoms. The molecule has 0 aliphatic carbocycles. The molecule has 0 aromatic carbocycles. The summed E-state index contributed by atoms with van der Waals surface area (Å²) in [5.74, 6) is 0. The Morgan fingerprint density at radius 2 is 2.44 bits per heavy atom. The van der Waals surface area contributed by atoms with E-state index in [2.05, 4.69) is 10.5 Å². The number of aliphatic hydroxyl groups excluding tert-OH is 1. The summed E-state index contributed by atoms with van der Waals surface area (Å²) in [6, 6.07) is 0. The van der Waals surface area contributed by atoms with E-state index in [1.54, 1.807) is 0 Å². The molecular formula is C4H8FNO3. The van der Waals surface area contributed by atoms with E-state index >= 15 is 0 Å². The van der Waals surface area contributed by atoms with Gasteiger partial charge in [0.1, 0.15) is 6.61 Å². The third-order valence-electron chi connectivity index (χ3n) is 0.605. The van der Waals surface area contributed by atoms with E-state index in [4.69, 9.17) is 5.11 Å². The molecule has 0 saturated carbocycles. The second-order valence-electron chi connectivity index (χ2n) is 1.41. The van der Waals surface area contributed by atoms with Crippen molar-refractivity contribution in [2.45, 2.75) is 6.17 Å². The minimum Gasteiger partial charge on any atom is -0.447 e. The maximum atomic E-state index is 11.9. The molecule has 4 nitrogen and oxygen atoms in total. The quantitative estimate of drug-likeness (QED) is 0.546. The highest BCUT2D eigenvalue weighted by Crippen LogP contribution is 1.88. The lowest BCUT2D eigenvalue weighted by molar-refractivity contribution is 0.0875. The van der Waals surface area contributed by atoms with Crippen LogP contribution in [0.25, 0.3) is 0 Å². The second kappa shape index (κ2) is 4.08. The Balaban J connectivity index is 3.16. The van der Waals surface area contributed by atoms with Crippen LogP contribution in [0.1, 0.15) is 0 Å². The van der Waals surface area contributed by atoms with Gasteiger partial charge in [-0.15, -0.1) is 0 Å². The number of hydrogen-bond acceptors (Lipinski definition) is 3. The second-order valence-corrected chi connectivity index (χ2v) is 1.41. The molecule has 0 bridgehead atoms. The van der Waals surface area contributed by atoms with E-state index in [-0.39, 0.29) is 0 Å². The number of amides is 1. The first-order valence-electron chi connectivity index (χ1n) is 2.34. The predicted molar refractivity (Wildman–Crippen MR) is 27.5 cm³/mol. The van der Waals surface area contributed by atoms with Crippen molar-refractivity contribution in [2.75, 3.05) is 13.2 Å². The van der Waals surface area contributed by atoms with Gasteiger partial charge in [0.15, 0.2) is 6.17 Å². The molecule has 0 aromatic heterocycles. The molecule has 1 atom stereocenters. The number of hydrogen-bond donors (Lipinski definition) is 2. The highest BCUT2D eigenvalue weighted by atomic mass is 19.1. The van der Waals surface area contributed by atoms with E-state index < -0.39 is 25.5 Å². The fourth-order valence-corrected chi connectivity index (χ4v) is 0.225. The van der Waals surface area contributed by atoms with Crippen molar-refractivity contribution < 1.29 is 19.0 Å². The van der Waals surface area contributed by atoms with Crippen LogP contribution in [0, 0.1) is 0 Å². The molecule has 3 N–H and O–H groups in total. The summed E-state index contributed by atoms with van der Waals surface area (Å²) in [5, 5.41) is 8.04. The van der Waals surface area contributed by atoms with E-state index in [0.29, 0.717) is 0 Å². The Kier molecular flexibility index (Phi) is 3.70. The van der Waals surface area contributed by atoms with Crippen molar-refractivity contribution in [3.63, 3.8) is 0 Å². The average molecular weight is 137 g/mol. The summed E-state index contributed by atoms with van der Waals surface area (Å²) >= 11 is 0. The summed E-state index contributed by atoms with van der Waals surface area (Å²) in [7, 11) is 0. The van der Waals surface area contributed by atoms with Crippen molar-refractivity contribution in [1.82, 2.24) is 0 Å². The minimum atomic E-state index is -1.53. The first-order valence-corrected chi connectivity index (χ1v) is 2.34. The molecule has 0 aromatic rings. The molecule has 0 saturated heterocycles. The van der Waals surface area contributed by atoms with Crippen molar-refractivity contribution in [2.24, 2.45) is 5.73 Å². The fraction of sp³-hybridized carbons (Fsp3) is 0.750. The van der Waals surface area contributed by atoms with Gasteiger partial charge in [-0.3, -0.25) is 0 Å². The summed E-state index contributed by atoms with van der Waals surface area (Å²) in [5.41, 5.74) is 4.49. The number of ether oxygens (including phenoxy) is 1. The first kappa shape index (κ1) is 8.16. The zero-order valence-electron chi connectivity index (χ0n) is 4.71. The number of carbonyl (C=O) groups excluding carboxylic acids is 1. The van der Waals surface area contributed by atoms with Crippen LogP contribution in [-0.2, 0) is 4.74 Å². The van der Waals surface area contributed by atoms with Gasteiger partial charge in [-0.05, 0) is 0 Å². The molecule has 0 radical (unpaired) electrons. The zero-order valence-corrected chi connectivity index (χ0v) is 4.71. The van der Waals surface area contributed by atoms with Gasteiger partial charge in [-0.1, -0.05) is 0 Å². The van der Waals surface area contributed by atoms with Crippen LogP contribution in [0.15, 0.2) is 0 Å². The van der Waals surface area contributed by atoms with Gasteiger partial charge in [0.25, 0.3) is 0 Å². The third-order valence-corrected chi connectivity index (χ3v) is 0.605. The Hall–Kier alpha value is -0.840. The van der Waals surface area contributed by atoms with E-state index in [0.717, 1.165) is 0 Å². The lowest BCUT2D eigenvalue weighted by Crippen LogP contribution is -2.21. The average Bonchev–Trinajstić information content (AvgIpc) is 1.83. The number of carbonyl (C=O) groups is 1. The molecule has 0 aliphatic rings. The lowest BCUT2D eigenvalue weighted by Gasteiger charge is -2.02. The van der Waals surface area contributed by atoms with Gasteiger partial charge in [-0.25, -0.2) is 9.18 Å². The van der Waals surface area contributed by atoms with Gasteiger partial charge < -0.3 is 15.6 Å². The van der Waals surface area contributed by atoms with Crippen LogP contribution in [0.4, 0.5) is 9.18 Å². The van der Waals surface area contributed by atoms with Gasteiger partial charge in [0, 0.05) is 0 Å². The molecule has 0 rings (SSSR count). The lowest BCUT2D eigenvalue weighted by atomic mass is 10.4. The molecule has 0 fully saturated rings. The maximum absolute atomic E-state index is 11.9. The van der Waals surface area contributed by atoms with Crippen molar-refractivity contribution in [1.29, 1.82) is 0 Å². The minimum absolute atomic E-state index is 0.480. The zero-order chi connectivity index (χ0) is 7.28. The van der Waals surface area contributed by atoms with Crippen LogP contribution in [0.2, 0.25) is 0 Å². The van der Waals surface area contributed by atoms with Crippen LogP contribution in [0.3, 0.4) is 0 Å². The Morgan fingerprint density at radius 3 is 2.78 bits per heavy atom. The highest BCUT2D eigenvalue weighted by Gasteiger charge is 2.05. The smallest absolute Gasteiger partial charge is 0.404 e. The molecule has 9 heavy (non-hydrogen) atoms. The predicted octanol–water partition coefficient (Wildman–Crippen LogP) is -0.588. The molecule has 0 unspecified atom stereocenters. The summed E-state index contributed by atoms with van der Waals surface area (Å²) < 4.78 is 15.9. The number of halogens is 1. The van der Waals surface area contributed by atoms with Crippen LogP contribution >= 0.6 is 0 Å². The summed E-state index contributed by atoms with van der Waals surface area (Å²) in [6.45, 7) is -1.14. The van der Waals surface area contributed by atoms with E-state index in [1.165, 1.54) is 0 Å². The monoisotopic (exact) mass is 137 g/mol. The Morgan fingerprint density at radius 1 is 1.89 bits per heavy atom. The first-order chi connectivity index (χ1) is 4.16. The fourth-order valence-electron chi connectivity index (χ4n) is 0.225. The van der Waals surface area contributed by atoms with Crippen molar-refractivity contribution in [3.05, 3.63) is 0 Å². The maximum Gasteiger partial charge on any atom is 0.404 e. The molecule has 0 aliphatic heterocycles. The van der Waals surface area contributed by atoms with E-state index in [1.807, 2.05) is 0 Å². The van der Waals surface area contributed by atoms with Gasteiger partial charge in [0.05, 0.1) is 6.61 Å².